The highest BCUT2D eigenvalue weighted by Crippen LogP contribution is 2.16. The Balaban J connectivity index is 2.60. The number of allylic oxidation sites excluding steroid dienone is 4. The largest absolute Gasteiger partial charge is 0.464 e. The SMILES string of the molecule is C=C/C(C)=C\CC/C(C)=C/c1cc(C(=O)OCC)co1. The molecule has 1 aromatic heterocycles. The zero-order valence-corrected chi connectivity index (χ0v) is 12.4. The number of ether oxygens (including phenoxy) is 1. The predicted octanol–water partition coefficient (Wildman–Crippen LogP) is 4.77. The van der Waals surface area contributed by atoms with Gasteiger partial charge in [0, 0.05) is 0 Å². The molecule has 1 aromatic rings. The Morgan fingerprint density at radius 3 is 2.85 bits per heavy atom. The first-order chi connectivity index (χ1) is 9.56. The molecule has 0 saturated carbocycles. The van der Waals surface area contributed by atoms with Crippen molar-refractivity contribution in [2.45, 2.75) is 33.6 Å². The van der Waals surface area contributed by atoms with Crippen LogP contribution in [0.3, 0.4) is 0 Å². The highest BCUT2D eigenvalue weighted by molar-refractivity contribution is 5.89. The predicted molar refractivity (Wildman–Crippen MR) is 81.5 cm³/mol. The van der Waals surface area contributed by atoms with Gasteiger partial charge < -0.3 is 9.15 Å². The molecule has 20 heavy (non-hydrogen) atoms. The van der Waals surface area contributed by atoms with Crippen LogP contribution in [0.2, 0.25) is 0 Å². The van der Waals surface area contributed by atoms with Crippen LogP contribution >= 0.6 is 0 Å². The molecule has 0 N–H and O–H groups in total. The van der Waals surface area contributed by atoms with Gasteiger partial charge in [0.05, 0.1) is 12.2 Å². The van der Waals surface area contributed by atoms with E-state index >= 15 is 0 Å². The molecule has 0 aromatic carbocycles. The number of carbonyl (C=O) groups excluding carboxylic acids is 1. The van der Waals surface area contributed by atoms with Crippen LogP contribution in [-0.2, 0) is 4.74 Å². The minimum absolute atomic E-state index is 0.349. The van der Waals surface area contributed by atoms with Crippen molar-refractivity contribution in [2.75, 3.05) is 6.61 Å². The maximum absolute atomic E-state index is 11.5. The molecular weight excluding hydrogens is 252 g/mol. The lowest BCUT2D eigenvalue weighted by atomic mass is 10.1. The molecule has 0 bridgehead atoms. The zero-order valence-electron chi connectivity index (χ0n) is 12.4. The quantitative estimate of drug-likeness (QED) is 0.531. The minimum Gasteiger partial charge on any atom is -0.464 e. The molecule has 1 rings (SSSR count). The first kappa shape index (κ1) is 16.0. The standard InChI is InChI=1S/C17H22O3/c1-5-13(3)8-7-9-14(4)10-16-11-15(12-20-16)17(18)19-6-2/h5,8,10-12H,1,6-7,9H2,2-4H3/b13-8-,14-10+. The molecule has 3 heteroatoms. The summed E-state index contributed by atoms with van der Waals surface area (Å²) in [5.74, 6) is 0.327. The lowest BCUT2D eigenvalue weighted by Gasteiger charge is -1.98. The lowest BCUT2D eigenvalue weighted by Crippen LogP contribution is -2.02. The van der Waals surface area contributed by atoms with Gasteiger partial charge in [-0.2, -0.15) is 0 Å². The zero-order chi connectivity index (χ0) is 15.0. The number of furan rings is 1. The molecule has 0 radical (unpaired) electrons. The summed E-state index contributed by atoms with van der Waals surface area (Å²) in [5, 5.41) is 0. The van der Waals surface area contributed by atoms with Crippen LogP contribution < -0.4 is 0 Å². The highest BCUT2D eigenvalue weighted by atomic mass is 16.5. The van der Waals surface area contributed by atoms with Crippen molar-refractivity contribution >= 4 is 12.0 Å². The van der Waals surface area contributed by atoms with Gasteiger partial charge in [-0.3, -0.25) is 0 Å². The third-order valence-electron chi connectivity index (χ3n) is 2.85. The molecule has 0 aliphatic rings. The number of hydrogen-bond donors (Lipinski definition) is 0. The molecular formula is C17H22O3. The van der Waals surface area contributed by atoms with E-state index in [0.717, 1.165) is 12.8 Å². The van der Waals surface area contributed by atoms with Crippen LogP contribution in [0.4, 0.5) is 0 Å². The second kappa shape index (κ2) is 8.20. The molecule has 3 nitrogen and oxygen atoms in total. The molecule has 0 amide bonds. The normalized spacial score (nSPS) is 12.3. The molecule has 0 unspecified atom stereocenters. The fourth-order valence-electron chi connectivity index (χ4n) is 1.68. The first-order valence-electron chi connectivity index (χ1n) is 6.78. The van der Waals surface area contributed by atoms with Crippen molar-refractivity contribution in [2.24, 2.45) is 0 Å². The van der Waals surface area contributed by atoms with Gasteiger partial charge in [-0.05, 0) is 45.8 Å². The molecule has 0 atom stereocenters. The van der Waals surface area contributed by atoms with E-state index in [4.69, 9.17) is 9.15 Å². The molecule has 0 aliphatic heterocycles. The van der Waals surface area contributed by atoms with Gasteiger partial charge in [0.15, 0.2) is 0 Å². The van der Waals surface area contributed by atoms with E-state index in [0.29, 0.717) is 17.9 Å². The van der Waals surface area contributed by atoms with E-state index < -0.39 is 0 Å². The van der Waals surface area contributed by atoms with E-state index in [1.165, 1.54) is 17.4 Å². The van der Waals surface area contributed by atoms with E-state index in [1.54, 1.807) is 13.0 Å². The fraction of sp³-hybridized carbons (Fsp3) is 0.353. The summed E-state index contributed by atoms with van der Waals surface area (Å²) in [7, 11) is 0. The number of carbonyl (C=O) groups is 1. The van der Waals surface area contributed by atoms with Gasteiger partial charge >= 0.3 is 5.97 Å². The molecule has 0 spiro atoms. The summed E-state index contributed by atoms with van der Waals surface area (Å²) < 4.78 is 10.3. The molecule has 108 valence electrons. The summed E-state index contributed by atoms with van der Waals surface area (Å²) >= 11 is 0. The Bertz CT molecular complexity index is 518. The van der Waals surface area contributed by atoms with Crippen LogP contribution in [0.5, 0.6) is 0 Å². The summed E-state index contributed by atoms with van der Waals surface area (Å²) in [6.07, 6.45) is 9.28. The average Bonchev–Trinajstić information content (AvgIpc) is 2.87. The van der Waals surface area contributed by atoms with Crippen molar-refractivity contribution in [3.63, 3.8) is 0 Å². The summed E-state index contributed by atoms with van der Waals surface area (Å²) in [4.78, 5) is 11.5. The summed E-state index contributed by atoms with van der Waals surface area (Å²) in [5.41, 5.74) is 2.83. The second-order valence-electron chi connectivity index (χ2n) is 4.64. The van der Waals surface area contributed by atoms with Crippen molar-refractivity contribution in [1.29, 1.82) is 0 Å². The highest BCUT2D eigenvalue weighted by Gasteiger charge is 2.09. The maximum Gasteiger partial charge on any atom is 0.341 e. The van der Waals surface area contributed by atoms with Crippen LogP contribution in [0.25, 0.3) is 6.08 Å². The number of hydrogen-bond acceptors (Lipinski definition) is 3. The van der Waals surface area contributed by atoms with E-state index in [-0.39, 0.29) is 5.97 Å². The Hall–Kier alpha value is -2.03. The monoisotopic (exact) mass is 274 g/mol. The summed E-state index contributed by atoms with van der Waals surface area (Å²) in [6, 6.07) is 1.70. The first-order valence-corrected chi connectivity index (χ1v) is 6.78. The average molecular weight is 274 g/mol. The summed E-state index contributed by atoms with van der Waals surface area (Å²) in [6.45, 7) is 9.94. The van der Waals surface area contributed by atoms with E-state index in [1.807, 2.05) is 26.0 Å². The second-order valence-corrected chi connectivity index (χ2v) is 4.64. The smallest absolute Gasteiger partial charge is 0.341 e. The van der Waals surface area contributed by atoms with E-state index in [2.05, 4.69) is 12.7 Å². The molecule has 1 heterocycles. The topological polar surface area (TPSA) is 39.4 Å². The van der Waals surface area contributed by atoms with Crippen molar-refractivity contribution < 1.29 is 13.9 Å². The lowest BCUT2D eigenvalue weighted by molar-refractivity contribution is 0.0525. The minimum atomic E-state index is -0.349. The third-order valence-corrected chi connectivity index (χ3v) is 2.85. The maximum atomic E-state index is 11.5. The van der Waals surface area contributed by atoms with Crippen molar-refractivity contribution in [1.82, 2.24) is 0 Å². The van der Waals surface area contributed by atoms with Gasteiger partial charge in [-0.1, -0.05) is 29.9 Å². The van der Waals surface area contributed by atoms with Gasteiger partial charge in [-0.25, -0.2) is 4.79 Å². The third kappa shape index (κ3) is 5.31. The Kier molecular flexibility index (Phi) is 6.57. The van der Waals surface area contributed by atoms with Crippen molar-refractivity contribution in [3.05, 3.63) is 53.5 Å². The Labute approximate surface area is 120 Å². The van der Waals surface area contributed by atoms with Gasteiger partial charge in [0.25, 0.3) is 0 Å². The van der Waals surface area contributed by atoms with Gasteiger partial charge in [0.2, 0.25) is 0 Å². The van der Waals surface area contributed by atoms with Crippen LogP contribution in [0, 0.1) is 0 Å². The van der Waals surface area contributed by atoms with Crippen LogP contribution in [0.1, 0.15) is 49.7 Å². The molecule has 0 aliphatic carbocycles. The Morgan fingerprint density at radius 1 is 1.45 bits per heavy atom. The fourth-order valence-corrected chi connectivity index (χ4v) is 1.68. The van der Waals surface area contributed by atoms with Crippen molar-refractivity contribution in [3.8, 4) is 0 Å². The van der Waals surface area contributed by atoms with E-state index in [9.17, 15) is 4.79 Å². The van der Waals surface area contributed by atoms with Crippen LogP contribution in [0.15, 0.2) is 46.6 Å². The number of rotatable bonds is 7. The number of esters is 1. The van der Waals surface area contributed by atoms with Gasteiger partial charge in [0.1, 0.15) is 12.0 Å². The van der Waals surface area contributed by atoms with Gasteiger partial charge in [-0.15, -0.1) is 0 Å². The van der Waals surface area contributed by atoms with Crippen LogP contribution in [-0.4, -0.2) is 12.6 Å². The molecule has 0 saturated heterocycles. The molecule has 0 fully saturated rings. The Morgan fingerprint density at radius 2 is 2.20 bits per heavy atom.